The number of aromatic nitrogens is 3. The smallest absolute Gasteiger partial charge is 0.277 e. The number of nitrogen functional groups attached to an aromatic ring is 1. The van der Waals surface area contributed by atoms with Gasteiger partial charge in [0, 0.05) is 50.9 Å². The number of carbonyl (C=O) groups is 1. The second kappa shape index (κ2) is 15.8. The molecule has 0 aromatic carbocycles. The molecule has 38 heavy (non-hydrogen) atoms. The van der Waals surface area contributed by atoms with Crippen molar-refractivity contribution in [3.05, 3.63) is 30.1 Å². The molecule has 3 heterocycles. The van der Waals surface area contributed by atoms with Crippen LogP contribution in [0.2, 0.25) is 0 Å². The van der Waals surface area contributed by atoms with E-state index in [1.54, 1.807) is 17.7 Å². The molecule has 0 saturated carbocycles. The van der Waals surface area contributed by atoms with Gasteiger partial charge in [-0.25, -0.2) is 20.4 Å². The molecule has 14 nitrogen and oxygen atoms in total. The highest BCUT2D eigenvalue weighted by Gasteiger charge is 2.23. The molecule has 2 aromatic heterocycles. The Labute approximate surface area is 222 Å². The maximum absolute atomic E-state index is 11.6. The van der Waals surface area contributed by atoms with Crippen molar-refractivity contribution in [1.82, 2.24) is 25.7 Å². The van der Waals surface area contributed by atoms with Crippen LogP contribution in [0.25, 0.3) is 11.4 Å². The molecular weight excluding hydrogens is 490 g/mol. The molecule has 5 N–H and O–H groups in total. The average Bonchev–Trinajstić information content (AvgIpc) is 2.94. The van der Waals surface area contributed by atoms with Crippen molar-refractivity contribution >= 4 is 48.7 Å². The fraction of sp³-hybridized carbons (Fsp3) is 0.375. The molecule has 0 radical (unpaired) electrons. The first kappa shape index (κ1) is 30.0. The summed E-state index contributed by atoms with van der Waals surface area (Å²) in [6, 6.07) is 3.50. The van der Waals surface area contributed by atoms with Gasteiger partial charge in [-0.2, -0.15) is 0 Å². The number of hydroxylamine groups is 1. The number of amides is 1. The van der Waals surface area contributed by atoms with Gasteiger partial charge in [0.05, 0.1) is 25.3 Å². The number of ether oxygens (including phenoxy) is 1. The number of nitrogens with two attached hydrogens (primary N) is 1. The maximum Gasteiger partial charge on any atom is 0.277 e. The van der Waals surface area contributed by atoms with Crippen molar-refractivity contribution in [2.24, 2.45) is 15.0 Å². The zero-order valence-electron chi connectivity index (χ0n) is 22.0. The number of pyridine rings is 1. The van der Waals surface area contributed by atoms with Crippen LogP contribution in [0.3, 0.4) is 0 Å². The lowest BCUT2D eigenvalue weighted by Gasteiger charge is -2.30. The van der Waals surface area contributed by atoms with E-state index in [9.17, 15) is 4.79 Å². The van der Waals surface area contributed by atoms with Gasteiger partial charge in [0.2, 0.25) is 0 Å². The fourth-order valence-corrected chi connectivity index (χ4v) is 3.29. The summed E-state index contributed by atoms with van der Waals surface area (Å²) in [6.07, 6.45) is 4.13. The lowest BCUT2D eigenvalue weighted by Crippen LogP contribution is -2.37. The molecule has 1 aliphatic rings. The van der Waals surface area contributed by atoms with Crippen LogP contribution in [0.5, 0.6) is 0 Å². The summed E-state index contributed by atoms with van der Waals surface area (Å²) in [6.45, 7) is 10.3. The van der Waals surface area contributed by atoms with Crippen molar-refractivity contribution in [3.8, 4) is 11.4 Å². The van der Waals surface area contributed by atoms with E-state index in [1.807, 2.05) is 32.1 Å². The molecule has 0 aliphatic carbocycles. The SMILES string of the molecule is C=N/C=C(\C=NCCN(C)c1nc(-c2ccc(N)nc2)nc(N2CCOCC2)c1N=C)C(=O)NO.CNC. The predicted molar refractivity (Wildman–Crippen MR) is 151 cm³/mol. The number of anilines is 3. The van der Waals surface area contributed by atoms with Crippen LogP contribution in [0.1, 0.15) is 0 Å². The molecule has 1 amide bonds. The molecule has 0 atom stereocenters. The number of aliphatic imine (C=N–C) groups is 3. The third kappa shape index (κ3) is 8.40. The van der Waals surface area contributed by atoms with Crippen LogP contribution in [-0.2, 0) is 9.53 Å². The van der Waals surface area contributed by atoms with Crippen molar-refractivity contribution in [2.75, 3.05) is 76.1 Å². The summed E-state index contributed by atoms with van der Waals surface area (Å²) in [5, 5.41) is 11.6. The molecule has 0 bridgehead atoms. The highest BCUT2D eigenvalue weighted by molar-refractivity contribution is 6.11. The zero-order valence-corrected chi connectivity index (χ0v) is 22.0. The third-order valence-electron chi connectivity index (χ3n) is 5.11. The highest BCUT2D eigenvalue weighted by atomic mass is 16.5. The average molecular weight is 526 g/mol. The summed E-state index contributed by atoms with van der Waals surface area (Å²) >= 11 is 0. The monoisotopic (exact) mass is 525 g/mol. The zero-order chi connectivity index (χ0) is 27.9. The van der Waals surface area contributed by atoms with Crippen LogP contribution in [0, 0.1) is 0 Å². The molecule has 14 heteroatoms. The van der Waals surface area contributed by atoms with E-state index >= 15 is 0 Å². The number of hydrogen-bond acceptors (Lipinski definition) is 13. The van der Waals surface area contributed by atoms with E-state index in [0.717, 1.165) is 0 Å². The summed E-state index contributed by atoms with van der Waals surface area (Å²) in [7, 11) is 5.60. The second-order valence-electron chi connectivity index (χ2n) is 7.94. The Hall–Kier alpha value is -4.27. The van der Waals surface area contributed by atoms with Crippen molar-refractivity contribution in [1.29, 1.82) is 0 Å². The fourth-order valence-electron chi connectivity index (χ4n) is 3.29. The molecule has 3 rings (SSSR count). The van der Waals surface area contributed by atoms with E-state index in [0.29, 0.717) is 73.9 Å². The van der Waals surface area contributed by atoms with Gasteiger partial charge in [-0.05, 0) is 39.7 Å². The van der Waals surface area contributed by atoms with Gasteiger partial charge in [-0.15, -0.1) is 0 Å². The Balaban J connectivity index is 0.00000161. The van der Waals surface area contributed by atoms with Crippen LogP contribution in [0.4, 0.5) is 23.1 Å². The summed E-state index contributed by atoms with van der Waals surface area (Å²) in [5.74, 6) is 1.35. The lowest BCUT2D eigenvalue weighted by atomic mass is 10.2. The van der Waals surface area contributed by atoms with Gasteiger partial charge >= 0.3 is 0 Å². The van der Waals surface area contributed by atoms with Crippen LogP contribution >= 0.6 is 0 Å². The molecule has 0 spiro atoms. The first-order valence-corrected chi connectivity index (χ1v) is 11.7. The minimum Gasteiger partial charge on any atom is -0.384 e. The minimum atomic E-state index is -0.736. The molecule has 1 saturated heterocycles. The van der Waals surface area contributed by atoms with E-state index in [-0.39, 0.29) is 5.57 Å². The highest BCUT2D eigenvalue weighted by Crippen LogP contribution is 2.37. The standard InChI is InChI=1S/C22H28N10O3.C2H7N/c1-24-12-16(22(33)30-34)13-26-6-7-31(3)20-18(25-2)21(32-8-10-35-11-9-32)29-19(28-20)15-4-5-17(23)27-14-15;1-3-2/h4-5,12-14,34H,1-2,6-11H2,3H3,(H2,23,27)(H,30,33);3H,1-2H3/b16-12+,26-13?;. The van der Waals surface area contributed by atoms with Gasteiger partial charge in [0.1, 0.15) is 11.5 Å². The first-order chi connectivity index (χ1) is 18.4. The molecular formula is C24H35N11O3. The van der Waals surface area contributed by atoms with Gasteiger partial charge in [0.15, 0.2) is 17.5 Å². The van der Waals surface area contributed by atoms with Gasteiger partial charge in [0.25, 0.3) is 5.91 Å². The van der Waals surface area contributed by atoms with Gasteiger partial charge in [-0.3, -0.25) is 25.0 Å². The van der Waals surface area contributed by atoms with Crippen molar-refractivity contribution in [3.63, 3.8) is 0 Å². The second-order valence-corrected chi connectivity index (χ2v) is 7.94. The third-order valence-corrected chi connectivity index (χ3v) is 5.11. The maximum atomic E-state index is 11.6. The Bertz CT molecular complexity index is 1130. The van der Waals surface area contributed by atoms with E-state index in [1.165, 1.54) is 12.4 Å². The summed E-state index contributed by atoms with van der Waals surface area (Å²) in [4.78, 5) is 41.3. The Morgan fingerprint density at radius 3 is 2.58 bits per heavy atom. The summed E-state index contributed by atoms with van der Waals surface area (Å²) in [5.41, 5.74) is 8.60. The van der Waals surface area contributed by atoms with Crippen LogP contribution in [0.15, 0.2) is 45.1 Å². The predicted octanol–water partition coefficient (Wildman–Crippen LogP) is 0.722. The quantitative estimate of drug-likeness (QED) is 0.149. The van der Waals surface area contributed by atoms with E-state index in [2.05, 4.69) is 43.6 Å². The number of nitrogens with one attached hydrogen (secondary N) is 2. The lowest BCUT2D eigenvalue weighted by molar-refractivity contribution is -0.124. The van der Waals surface area contributed by atoms with Crippen molar-refractivity contribution < 1.29 is 14.7 Å². The van der Waals surface area contributed by atoms with Crippen molar-refractivity contribution in [2.45, 2.75) is 0 Å². The Morgan fingerprint density at radius 2 is 2.00 bits per heavy atom. The number of rotatable bonds is 10. The molecule has 0 unspecified atom stereocenters. The normalized spacial score (nSPS) is 13.5. The number of morpholine rings is 1. The van der Waals surface area contributed by atoms with E-state index < -0.39 is 5.91 Å². The summed E-state index contributed by atoms with van der Waals surface area (Å²) < 4.78 is 5.49. The molecule has 1 fully saturated rings. The Morgan fingerprint density at radius 1 is 1.29 bits per heavy atom. The Kier molecular flexibility index (Phi) is 12.4. The number of likely N-dealkylation sites (N-methyl/N-ethyl adjacent to an activating group) is 1. The molecule has 2 aromatic rings. The largest absolute Gasteiger partial charge is 0.384 e. The van der Waals surface area contributed by atoms with Crippen LogP contribution in [-0.4, -0.2) is 106 Å². The molecule has 1 aliphatic heterocycles. The molecule has 204 valence electrons. The number of nitrogens with zero attached hydrogens (tertiary/aromatic N) is 8. The topological polar surface area (TPSA) is 179 Å². The number of hydrogen-bond donors (Lipinski definition) is 4. The van der Waals surface area contributed by atoms with Gasteiger partial charge in [-0.1, -0.05) is 0 Å². The number of carbonyl (C=O) groups excluding carboxylic acids is 1. The minimum absolute atomic E-state index is 0.0633. The van der Waals surface area contributed by atoms with E-state index in [4.69, 9.17) is 25.6 Å². The van der Waals surface area contributed by atoms with Gasteiger partial charge < -0.3 is 25.6 Å². The van der Waals surface area contributed by atoms with Crippen LogP contribution < -0.4 is 26.3 Å². The first-order valence-electron chi connectivity index (χ1n) is 11.7.